The topological polar surface area (TPSA) is 131 Å². The molecular weight excluding hydrogens is 476 g/mol. The average molecular weight is 501 g/mol. The van der Waals surface area contributed by atoms with E-state index >= 15 is 0 Å². The minimum atomic E-state index is -0.507. The molecule has 3 heterocycles. The maximum atomic E-state index is 12.7. The first-order chi connectivity index (χ1) is 17.8. The van der Waals surface area contributed by atoms with Crippen LogP contribution < -0.4 is 21.3 Å². The molecule has 0 saturated carbocycles. The molecule has 12 heteroatoms. The first kappa shape index (κ1) is 23.7. The van der Waals surface area contributed by atoms with Gasteiger partial charge in [0, 0.05) is 25.3 Å². The summed E-state index contributed by atoms with van der Waals surface area (Å²) in [5.74, 6) is 0.442. The molecule has 0 fully saturated rings. The van der Waals surface area contributed by atoms with Gasteiger partial charge in [0.05, 0.1) is 26.2 Å². The third-order valence-electron chi connectivity index (χ3n) is 6.01. The highest BCUT2D eigenvalue weighted by Crippen LogP contribution is 2.20. The Balaban J connectivity index is 1.27. The van der Waals surface area contributed by atoms with Crippen molar-refractivity contribution in [2.45, 2.75) is 13.1 Å². The van der Waals surface area contributed by atoms with Gasteiger partial charge in [0.15, 0.2) is 11.2 Å². The summed E-state index contributed by atoms with van der Waals surface area (Å²) in [6, 6.07) is 15.0. The number of aryl methyl sites for hydroxylation is 1. The van der Waals surface area contributed by atoms with Crippen molar-refractivity contribution in [1.82, 2.24) is 33.7 Å². The lowest BCUT2D eigenvalue weighted by Crippen LogP contribution is -2.37. The fraction of sp³-hybridized carbons (Fsp3) is 0.200. The molecule has 1 amide bonds. The van der Waals surface area contributed by atoms with Crippen molar-refractivity contribution in [3.8, 4) is 17.0 Å². The highest BCUT2D eigenvalue weighted by atomic mass is 16.5. The molecule has 5 aromatic rings. The summed E-state index contributed by atoms with van der Waals surface area (Å²) in [6.07, 6.45) is 3.23. The van der Waals surface area contributed by atoms with Crippen molar-refractivity contribution in [2.75, 3.05) is 12.4 Å². The maximum Gasteiger partial charge on any atom is 0.332 e. The summed E-state index contributed by atoms with van der Waals surface area (Å²) in [4.78, 5) is 41.5. The number of imidazole rings is 1. The van der Waals surface area contributed by atoms with Crippen molar-refractivity contribution in [2.24, 2.45) is 14.1 Å². The number of nitrogens with zero attached hydrogens (tertiary/aromatic N) is 7. The molecule has 0 bridgehead atoms. The largest absolute Gasteiger partial charge is 0.497 e. The molecule has 0 aliphatic heterocycles. The number of rotatable bonds is 7. The predicted octanol–water partition coefficient (Wildman–Crippen LogP) is 1.39. The summed E-state index contributed by atoms with van der Waals surface area (Å²) in [7, 11) is 4.55. The van der Waals surface area contributed by atoms with Crippen LogP contribution in [-0.4, -0.2) is 46.7 Å². The van der Waals surface area contributed by atoms with Crippen LogP contribution in [0.15, 0.2) is 70.6 Å². The van der Waals surface area contributed by atoms with Gasteiger partial charge in [-0.05, 0) is 29.8 Å². The standard InChI is InChI=1S/C25H24N8O4/c1-30-23-22(24(35)31(2)25(30)36)32(15-26-23)14-21(34)27-18-9-7-17(8-10-18)20-13-33(29-28-20)12-16-5-4-6-19(11-16)37-3/h4-11,13,15H,12,14H2,1-3H3,(H,27,34). The Morgan fingerprint density at radius 1 is 1.05 bits per heavy atom. The summed E-state index contributed by atoms with van der Waals surface area (Å²) in [6.45, 7) is 0.419. The van der Waals surface area contributed by atoms with Crippen LogP contribution in [0.25, 0.3) is 22.4 Å². The van der Waals surface area contributed by atoms with Crippen molar-refractivity contribution in [3.05, 3.63) is 87.5 Å². The van der Waals surface area contributed by atoms with Gasteiger partial charge in [-0.1, -0.05) is 29.5 Å². The lowest BCUT2D eigenvalue weighted by molar-refractivity contribution is -0.116. The quantitative estimate of drug-likeness (QED) is 0.357. The van der Waals surface area contributed by atoms with E-state index in [0.717, 1.165) is 21.4 Å². The van der Waals surface area contributed by atoms with Crippen LogP contribution in [-0.2, 0) is 32.0 Å². The first-order valence-electron chi connectivity index (χ1n) is 11.4. The van der Waals surface area contributed by atoms with Gasteiger partial charge in [-0.25, -0.2) is 14.5 Å². The van der Waals surface area contributed by atoms with Gasteiger partial charge in [-0.15, -0.1) is 5.10 Å². The fourth-order valence-electron chi connectivity index (χ4n) is 4.06. The molecule has 5 rings (SSSR count). The number of anilines is 1. The van der Waals surface area contributed by atoms with E-state index in [0.29, 0.717) is 17.9 Å². The van der Waals surface area contributed by atoms with E-state index < -0.39 is 11.2 Å². The Hall–Kier alpha value is -5.00. The molecule has 0 spiro atoms. The molecule has 188 valence electrons. The van der Waals surface area contributed by atoms with Crippen LogP contribution in [0.1, 0.15) is 5.56 Å². The molecule has 0 saturated heterocycles. The van der Waals surface area contributed by atoms with Gasteiger partial charge < -0.3 is 14.6 Å². The minimum Gasteiger partial charge on any atom is -0.497 e. The van der Waals surface area contributed by atoms with Crippen LogP contribution >= 0.6 is 0 Å². The summed E-state index contributed by atoms with van der Waals surface area (Å²) >= 11 is 0. The number of aromatic nitrogens is 7. The first-order valence-corrected chi connectivity index (χ1v) is 11.4. The zero-order chi connectivity index (χ0) is 26.1. The third-order valence-corrected chi connectivity index (χ3v) is 6.01. The van der Waals surface area contributed by atoms with E-state index in [1.54, 1.807) is 23.9 Å². The smallest absolute Gasteiger partial charge is 0.332 e. The monoisotopic (exact) mass is 500 g/mol. The fourth-order valence-corrected chi connectivity index (χ4v) is 4.06. The van der Waals surface area contributed by atoms with E-state index in [1.807, 2.05) is 42.6 Å². The van der Waals surface area contributed by atoms with Crippen molar-refractivity contribution in [3.63, 3.8) is 0 Å². The molecule has 12 nitrogen and oxygen atoms in total. The second-order valence-electron chi connectivity index (χ2n) is 8.53. The number of hydrogen-bond acceptors (Lipinski definition) is 7. The van der Waals surface area contributed by atoms with Crippen LogP contribution in [0, 0.1) is 0 Å². The van der Waals surface area contributed by atoms with Crippen molar-refractivity contribution in [1.29, 1.82) is 0 Å². The number of carbonyl (C=O) groups excluding carboxylic acids is 1. The molecular formula is C25H24N8O4. The van der Waals surface area contributed by atoms with E-state index in [-0.39, 0.29) is 23.6 Å². The van der Waals surface area contributed by atoms with Crippen molar-refractivity contribution < 1.29 is 9.53 Å². The summed E-state index contributed by atoms with van der Waals surface area (Å²) in [5, 5.41) is 11.3. The van der Waals surface area contributed by atoms with E-state index in [4.69, 9.17) is 4.74 Å². The van der Waals surface area contributed by atoms with E-state index in [2.05, 4.69) is 20.6 Å². The number of fused-ring (bicyclic) bond motifs is 1. The number of nitrogens with one attached hydrogen (secondary N) is 1. The Morgan fingerprint density at radius 2 is 1.84 bits per heavy atom. The molecule has 0 aliphatic rings. The zero-order valence-electron chi connectivity index (χ0n) is 20.5. The average Bonchev–Trinajstić information content (AvgIpc) is 3.54. The van der Waals surface area contributed by atoms with Crippen LogP contribution in [0.2, 0.25) is 0 Å². The second-order valence-corrected chi connectivity index (χ2v) is 8.53. The minimum absolute atomic E-state index is 0.135. The molecule has 2 aromatic carbocycles. The Morgan fingerprint density at radius 3 is 2.59 bits per heavy atom. The molecule has 3 aromatic heterocycles. The molecule has 0 aliphatic carbocycles. The van der Waals surface area contributed by atoms with Gasteiger partial charge in [0.2, 0.25) is 5.91 Å². The number of hydrogen-bond donors (Lipinski definition) is 1. The van der Waals surface area contributed by atoms with Crippen LogP contribution in [0.3, 0.4) is 0 Å². The molecule has 0 atom stereocenters. The number of ether oxygens (including phenoxy) is 1. The third kappa shape index (κ3) is 4.63. The molecule has 0 unspecified atom stereocenters. The van der Waals surface area contributed by atoms with E-state index in [1.165, 1.54) is 29.6 Å². The lowest BCUT2D eigenvalue weighted by atomic mass is 10.1. The molecule has 1 N–H and O–H groups in total. The molecule has 37 heavy (non-hydrogen) atoms. The number of amides is 1. The Labute approximate surface area is 210 Å². The maximum absolute atomic E-state index is 12.7. The summed E-state index contributed by atoms with van der Waals surface area (Å²) in [5.41, 5.74) is 2.60. The van der Waals surface area contributed by atoms with E-state index in [9.17, 15) is 14.4 Å². The highest BCUT2D eigenvalue weighted by molar-refractivity contribution is 5.91. The van der Waals surface area contributed by atoms with Crippen LogP contribution in [0.4, 0.5) is 5.69 Å². The Bertz CT molecular complexity index is 1730. The highest BCUT2D eigenvalue weighted by Gasteiger charge is 2.16. The van der Waals surface area contributed by atoms with Gasteiger partial charge in [-0.2, -0.15) is 0 Å². The van der Waals surface area contributed by atoms with Gasteiger partial charge in [0.25, 0.3) is 5.56 Å². The number of benzene rings is 2. The normalized spacial score (nSPS) is 11.1. The zero-order valence-corrected chi connectivity index (χ0v) is 20.5. The lowest BCUT2D eigenvalue weighted by Gasteiger charge is -2.08. The Kier molecular flexibility index (Phi) is 6.14. The van der Waals surface area contributed by atoms with Gasteiger partial charge in [0.1, 0.15) is 18.0 Å². The SMILES string of the molecule is COc1cccc(Cn2cc(-c3ccc(NC(=O)Cn4cnc5c4c(=O)n(C)c(=O)n5C)cc3)nn2)c1. The second kappa shape index (κ2) is 9.57. The van der Waals surface area contributed by atoms with Gasteiger partial charge >= 0.3 is 5.69 Å². The summed E-state index contributed by atoms with van der Waals surface area (Å²) < 4.78 is 10.7. The predicted molar refractivity (Wildman–Crippen MR) is 136 cm³/mol. The van der Waals surface area contributed by atoms with Gasteiger partial charge in [-0.3, -0.25) is 18.7 Å². The number of carbonyl (C=O) groups is 1. The van der Waals surface area contributed by atoms with Crippen molar-refractivity contribution >= 4 is 22.8 Å². The number of methoxy groups -OCH3 is 1. The molecule has 0 radical (unpaired) electrons. The van der Waals surface area contributed by atoms with Crippen LogP contribution in [0.5, 0.6) is 5.75 Å².